The molecule has 0 N–H and O–H groups in total. The van der Waals surface area contributed by atoms with Gasteiger partial charge in [0.15, 0.2) is 0 Å². The molecule has 1 heterocycles. The van der Waals surface area contributed by atoms with Gasteiger partial charge in [-0.25, -0.2) is 8.78 Å². The Bertz CT molecular complexity index is 187. The van der Waals surface area contributed by atoms with Gasteiger partial charge in [0, 0.05) is 13.0 Å². The van der Waals surface area contributed by atoms with Crippen molar-refractivity contribution >= 4 is 0 Å². The highest BCUT2D eigenvalue weighted by atomic mass is 19.2. The summed E-state index contributed by atoms with van der Waals surface area (Å²) in [4.78, 5) is 0. The minimum Gasteiger partial charge on any atom is -0.378 e. The van der Waals surface area contributed by atoms with E-state index in [4.69, 9.17) is 4.74 Å². The summed E-state index contributed by atoms with van der Waals surface area (Å²) in [6, 6.07) is 0. The monoisotopic (exact) mass is 250 g/mol. The third-order valence-electron chi connectivity index (χ3n) is 3.46. The van der Waals surface area contributed by atoms with Crippen LogP contribution in [0.3, 0.4) is 0 Å². The molecule has 0 aromatic heterocycles. The average Bonchev–Trinajstić information content (AvgIpc) is 2.37. The van der Waals surface area contributed by atoms with Crippen molar-refractivity contribution in [2.75, 3.05) is 6.61 Å². The molecule has 1 saturated carbocycles. The van der Waals surface area contributed by atoms with E-state index in [9.17, 15) is 8.78 Å². The molecule has 0 aromatic rings. The molecule has 3 heteroatoms. The topological polar surface area (TPSA) is 9.23 Å². The van der Waals surface area contributed by atoms with Gasteiger partial charge in [0.1, 0.15) is 12.3 Å². The van der Waals surface area contributed by atoms with Gasteiger partial charge in [-0.1, -0.05) is 34.6 Å². The Balaban J connectivity index is 0.000000581. The lowest BCUT2D eigenvalue weighted by molar-refractivity contribution is -0.106. The number of rotatable bonds is 0. The molecule has 104 valence electrons. The molecule has 2 aliphatic rings. The van der Waals surface area contributed by atoms with E-state index < -0.39 is 12.3 Å². The number of hydrogen-bond acceptors (Lipinski definition) is 1. The van der Waals surface area contributed by atoms with Crippen LogP contribution in [0.4, 0.5) is 8.78 Å². The fourth-order valence-corrected chi connectivity index (χ4v) is 2.51. The van der Waals surface area contributed by atoms with Crippen molar-refractivity contribution in [3.05, 3.63) is 0 Å². The molecule has 0 radical (unpaired) electrons. The van der Waals surface area contributed by atoms with E-state index in [1.807, 2.05) is 27.7 Å². The summed E-state index contributed by atoms with van der Waals surface area (Å²) >= 11 is 0. The lowest BCUT2D eigenvalue weighted by Crippen LogP contribution is -2.45. The Hall–Kier alpha value is -0.180. The zero-order valence-corrected chi connectivity index (χ0v) is 11.9. The van der Waals surface area contributed by atoms with Gasteiger partial charge in [0.25, 0.3) is 0 Å². The van der Waals surface area contributed by atoms with Crippen molar-refractivity contribution in [1.82, 2.24) is 0 Å². The SMILES string of the molecule is CC.CC.C[C@H]1CCOC2CC(F)C(F)CC21. The summed E-state index contributed by atoms with van der Waals surface area (Å²) in [7, 11) is 0. The highest BCUT2D eigenvalue weighted by Gasteiger charge is 2.42. The summed E-state index contributed by atoms with van der Waals surface area (Å²) in [5, 5.41) is 0. The predicted molar refractivity (Wildman–Crippen MR) is 68.7 cm³/mol. The summed E-state index contributed by atoms with van der Waals surface area (Å²) in [5.41, 5.74) is 0. The molecule has 0 amide bonds. The van der Waals surface area contributed by atoms with Crippen LogP contribution in [0.15, 0.2) is 0 Å². The van der Waals surface area contributed by atoms with Crippen molar-refractivity contribution in [2.24, 2.45) is 11.8 Å². The largest absolute Gasteiger partial charge is 0.378 e. The number of hydrogen-bond donors (Lipinski definition) is 0. The van der Waals surface area contributed by atoms with Crippen LogP contribution in [0.2, 0.25) is 0 Å². The van der Waals surface area contributed by atoms with Gasteiger partial charge in [0.05, 0.1) is 6.10 Å². The summed E-state index contributed by atoms with van der Waals surface area (Å²) < 4.78 is 31.6. The molecule has 1 nitrogen and oxygen atoms in total. The molecule has 0 spiro atoms. The summed E-state index contributed by atoms with van der Waals surface area (Å²) in [6.07, 6.45) is -0.976. The third kappa shape index (κ3) is 4.53. The standard InChI is InChI=1S/C10H16F2O.2C2H6/c1-6-2-3-13-10-5-9(12)8(11)4-7(6)10;2*1-2/h6-10H,2-5H2,1H3;2*1-2H3/t6-,7?,8?,9?,10?;;/m0../s1. The van der Waals surface area contributed by atoms with Gasteiger partial charge < -0.3 is 4.74 Å². The van der Waals surface area contributed by atoms with Crippen LogP contribution >= 0.6 is 0 Å². The van der Waals surface area contributed by atoms with Crippen LogP contribution in [-0.2, 0) is 4.74 Å². The van der Waals surface area contributed by atoms with E-state index in [1.165, 1.54) is 0 Å². The zero-order chi connectivity index (χ0) is 13.4. The van der Waals surface area contributed by atoms with Crippen molar-refractivity contribution < 1.29 is 13.5 Å². The number of fused-ring (bicyclic) bond motifs is 1. The Morgan fingerprint density at radius 1 is 0.941 bits per heavy atom. The first kappa shape index (κ1) is 16.8. The second-order valence-corrected chi connectivity index (χ2v) is 4.34. The highest BCUT2D eigenvalue weighted by Crippen LogP contribution is 2.39. The van der Waals surface area contributed by atoms with Gasteiger partial charge in [-0.3, -0.25) is 0 Å². The maximum absolute atomic E-state index is 13.1. The smallest absolute Gasteiger partial charge is 0.134 e. The molecule has 1 saturated heterocycles. The van der Waals surface area contributed by atoms with Crippen LogP contribution in [-0.4, -0.2) is 25.1 Å². The van der Waals surface area contributed by atoms with E-state index in [0.29, 0.717) is 18.9 Å². The van der Waals surface area contributed by atoms with Crippen LogP contribution in [0.1, 0.15) is 53.9 Å². The molecule has 17 heavy (non-hydrogen) atoms. The van der Waals surface area contributed by atoms with Crippen molar-refractivity contribution in [3.63, 3.8) is 0 Å². The predicted octanol–water partition coefficient (Wildman–Crippen LogP) is 4.55. The fourth-order valence-electron chi connectivity index (χ4n) is 2.51. The normalized spacial score (nSPS) is 40.1. The van der Waals surface area contributed by atoms with Crippen LogP contribution in [0, 0.1) is 11.8 Å². The van der Waals surface area contributed by atoms with E-state index >= 15 is 0 Å². The quantitative estimate of drug-likeness (QED) is 0.613. The summed E-state index contributed by atoms with van der Waals surface area (Å²) in [6.45, 7) is 10.8. The molecule has 2 fully saturated rings. The molecule has 5 atom stereocenters. The molecule has 2 rings (SSSR count). The summed E-state index contributed by atoms with van der Waals surface area (Å²) in [5.74, 6) is 0.736. The maximum atomic E-state index is 13.1. The molecular weight excluding hydrogens is 222 g/mol. The van der Waals surface area contributed by atoms with Gasteiger partial charge in [-0.05, 0) is 24.7 Å². The van der Waals surface area contributed by atoms with E-state index in [-0.39, 0.29) is 18.4 Å². The minimum absolute atomic E-state index is 0.0225. The minimum atomic E-state index is -1.30. The zero-order valence-electron chi connectivity index (χ0n) is 11.9. The van der Waals surface area contributed by atoms with Gasteiger partial charge in [0.2, 0.25) is 0 Å². The van der Waals surface area contributed by atoms with Crippen molar-refractivity contribution in [2.45, 2.75) is 72.3 Å². The van der Waals surface area contributed by atoms with E-state index in [2.05, 4.69) is 6.92 Å². The van der Waals surface area contributed by atoms with Crippen LogP contribution < -0.4 is 0 Å². The maximum Gasteiger partial charge on any atom is 0.134 e. The Morgan fingerprint density at radius 2 is 1.47 bits per heavy atom. The van der Waals surface area contributed by atoms with Gasteiger partial charge >= 0.3 is 0 Å². The third-order valence-corrected chi connectivity index (χ3v) is 3.46. The molecule has 4 unspecified atom stereocenters. The lowest BCUT2D eigenvalue weighted by atomic mass is 9.74. The fraction of sp³-hybridized carbons (Fsp3) is 1.00. The second kappa shape index (κ2) is 8.84. The second-order valence-electron chi connectivity index (χ2n) is 4.34. The first-order valence-corrected chi connectivity index (χ1v) is 7.08. The van der Waals surface area contributed by atoms with Crippen molar-refractivity contribution in [3.8, 4) is 0 Å². The average molecular weight is 250 g/mol. The first-order valence-electron chi connectivity index (χ1n) is 7.08. The highest BCUT2D eigenvalue weighted by molar-refractivity contribution is 4.90. The van der Waals surface area contributed by atoms with E-state index in [1.54, 1.807) is 0 Å². The Morgan fingerprint density at radius 3 is 2.06 bits per heavy atom. The number of halogens is 2. The van der Waals surface area contributed by atoms with Crippen molar-refractivity contribution in [1.29, 1.82) is 0 Å². The van der Waals surface area contributed by atoms with Crippen LogP contribution in [0.25, 0.3) is 0 Å². The van der Waals surface area contributed by atoms with Crippen LogP contribution in [0.5, 0.6) is 0 Å². The van der Waals surface area contributed by atoms with E-state index in [0.717, 1.165) is 6.42 Å². The van der Waals surface area contributed by atoms with Gasteiger partial charge in [-0.2, -0.15) is 0 Å². The molecule has 1 aliphatic heterocycles. The number of alkyl halides is 2. The number of ether oxygens (including phenoxy) is 1. The van der Waals surface area contributed by atoms with Gasteiger partial charge in [-0.15, -0.1) is 0 Å². The molecule has 1 aliphatic carbocycles. The molecule has 0 bridgehead atoms. The molecule has 0 aromatic carbocycles. The Labute approximate surface area is 105 Å². The molecular formula is C14H28F2O. The Kier molecular flexibility index (Phi) is 8.75. The first-order chi connectivity index (χ1) is 8.18. The lowest BCUT2D eigenvalue weighted by Gasteiger charge is -2.41.